The van der Waals surface area contributed by atoms with Crippen LogP contribution in [0.3, 0.4) is 0 Å². The number of nitrogens with zero attached hydrogens (tertiary/aromatic N) is 2. The molecule has 0 aromatic heterocycles. The number of methoxy groups -OCH3 is 2. The van der Waals surface area contributed by atoms with Gasteiger partial charge in [0.25, 0.3) is 0 Å². The van der Waals surface area contributed by atoms with Gasteiger partial charge in [-0.3, -0.25) is 9.69 Å². The molecule has 2 aromatic carbocycles. The van der Waals surface area contributed by atoms with E-state index in [9.17, 15) is 4.79 Å². The van der Waals surface area contributed by atoms with Crippen molar-refractivity contribution in [1.29, 1.82) is 0 Å². The quantitative estimate of drug-likeness (QED) is 0.809. The fraction of sp³-hybridized carbons (Fsp3) is 0.435. The number of hydrogen-bond acceptors (Lipinski definition) is 5. The zero-order valence-corrected chi connectivity index (χ0v) is 18.0. The number of piperazine rings is 1. The van der Waals surface area contributed by atoms with E-state index in [4.69, 9.17) is 9.47 Å². The fourth-order valence-corrected chi connectivity index (χ4v) is 3.74. The Morgan fingerprint density at radius 2 is 1.76 bits per heavy atom. The maximum Gasteiger partial charge on any atom is 0.241 e. The molecule has 6 nitrogen and oxygen atoms in total. The molecule has 1 saturated heterocycles. The van der Waals surface area contributed by atoms with Gasteiger partial charge in [-0.2, -0.15) is 0 Å². The van der Waals surface area contributed by atoms with E-state index in [1.54, 1.807) is 26.4 Å². The largest absolute Gasteiger partial charge is 0.497 e. The van der Waals surface area contributed by atoms with Crippen molar-refractivity contribution < 1.29 is 14.3 Å². The van der Waals surface area contributed by atoms with Gasteiger partial charge in [-0.1, -0.05) is 12.1 Å². The number of rotatable bonds is 6. The van der Waals surface area contributed by atoms with Gasteiger partial charge in [0.05, 0.1) is 25.9 Å². The monoisotopic (exact) mass is 397 g/mol. The van der Waals surface area contributed by atoms with Crippen molar-refractivity contribution in [2.75, 3.05) is 50.6 Å². The summed E-state index contributed by atoms with van der Waals surface area (Å²) in [5.74, 6) is 1.25. The van der Waals surface area contributed by atoms with Gasteiger partial charge in [0.15, 0.2) is 0 Å². The van der Waals surface area contributed by atoms with Crippen molar-refractivity contribution in [1.82, 2.24) is 4.90 Å². The van der Waals surface area contributed by atoms with Crippen LogP contribution in [0.2, 0.25) is 0 Å². The Morgan fingerprint density at radius 1 is 1.03 bits per heavy atom. The van der Waals surface area contributed by atoms with Crippen LogP contribution in [-0.2, 0) is 4.79 Å². The van der Waals surface area contributed by atoms with Crippen LogP contribution < -0.4 is 19.7 Å². The summed E-state index contributed by atoms with van der Waals surface area (Å²) in [6.45, 7) is 9.78. The lowest BCUT2D eigenvalue weighted by Gasteiger charge is -2.39. The molecule has 29 heavy (non-hydrogen) atoms. The number of hydrogen-bond donors (Lipinski definition) is 1. The fourth-order valence-electron chi connectivity index (χ4n) is 3.74. The molecule has 1 atom stereocenters. The summed E-state index contributed by atoms with van der Waals surface area (Å²) >= 11 is 0. The van der Waals surface area contributed by atoms with Gasteiger partial charge in [-0.25, -0.2) is 0 Å². The molecule has 1 amide bonds. The highest BCUT2D eigenvalue weighted by Gasteiger charge is 2.27. The first-order valence-corrected chi connectivity index (χ1v) is 10.0. The van der Waals surface area contributed by atoms with Gasteiger partial charge in [0.2, 0.25) is 5.91 Å². The van der Waals surface area contributed by atoms with E-state index in [2.05, 4.69) is 47.2 Å². The third kappa shape index (κ3) is 4.65. The van der Waals surface area contributed by atoms with Crippen LogP contribution in [0.15, 0.2) is 36.4 Å². The number of anilines is 2. The van der Waals surface area contributed by atoms with Crippen molar-refractivity contribution in [2.24, 2.45) is 0 Å². The van der Waals surface area contributed by atoms with Gasteiger partial charge in [0.1, 0.15) is 11.5 Å². The van der Waals surface area contributed by atoms with Gasteiger partial charge < -0.3 is 19.7 Å². The molecule has 0 spiro atoms. The first-order valence-electron chi connectivity index (χ1n) is 10.0. The molecule has 156 valence electrons. The summed E-state index contributed by atoms with van der Waals surface area (Å²) in [6, 6.07) is 11.6. The van der Waals surface area contributed by atoms with E-state index in [1.165, 1.54) is 16.8 Å². The summed E-state index contributed by atoms with van der Waals surface area (Å²) in [4.78, 5) is 17.5. The lowest BCUT2D eigenvalue weighted by Crippen LogP contribution is -2.53. The number of nitrogens with one attached hydrogen (secondary N) is 1. The smallest absolute Gasteiger partial charge is 0.241 e. The summed E-state index contributed by atoms with van der Waals surface area (Å²) in [5, 5.41) is 2.99. The zero-order valence-electron chi connectivity index (χ0n) is 18.0. The molecule has 0 radical (unpaired) electrons. The Bertz CT molecular complexity index is 860. The molecule has 3 rings (SSSR count). The van der Waals surface area contributed by atoms with Crippen LogP contribution in [0.25, 0.3) is 0 Å². The number of ether oxygens (including phenoxy) is 2. The molecule has 0 bridgehead atoms. The Labute approximate surface area is 173 Å². The first kappa shape index (κ1) is 21.0. The van der Waals surface area contributed by atoms with E-state index >= 15 is 0 Å². The van der Waals surface area contributed by atoms with Crippen molar-refractivity contribution in [3.8, 4) is 11.5 Å². The molecule has 1 aliphatic heterocycles. The summed E-state index contributed by atoms with van der Waals surface area (Å²) in [7, 11) is 3.19. The van der Waals surface area contributed by atoms with E-state index in [0.29, 0.717) is 17.2 Å². The number of carbonyl (C=O) groups excluding carboxylic acids is 1. The van der Waals surface area contributed by atoms with Crippen LogP contribution >= 0.6 is 0 Å². The van der Waals surface area contributed by atoms with Crippen LogP contribution in [0, 0.1) is 13.8 Å². The van der Waals surface area contributed by atoms with E-state index in [0.717, 1.165) is 26.2 Å². The second-order valence-electron chi connectivity index (χ2n) is 7.47. The second-order valence-corrected chi connectivity index (χ2v) is 7.47. The predicted octanol–water partition coefficient (Wildman–Crippen LogP) is 3.47. The molecule has 1 fully saturated rings. The molecule has 2 aromatic rings. The normalized spacial score (nSPS) is 15.7. The predicted molar refractivity (Wildman–Crippen MR) is 117 cm³/mol. The van der Waals surface area contributed by atoms with E-state index in [-0.39, 0.29) is 11.9 Å². The minimum absolute atomic E-state index is 0.0447. The Balaban J connectivity index is 1.62. The van der Waals surface area contributed by atoms with Crippen LogP contribution in [-0.4, -0.2) is 57.2 Å². The Kier molecular flexibility index (Phi) is 6.64. The topological polar surface area (TPSA) is 54.0 Å². The first-order chi connectivity index (χ1) is 13.9. The van der Waals surface area contributed by atoms with Crippen LogP contribution in [0.4, 0.5) is 11.4 Å². The van der Waals surface area contributed by atoms with E-state index in [1.807, 2.05) is 13.0 Å². The number of aryl methyl sites for hydroxylation is 1. The molecule has 1 unspecified atom stereocenters. The van der Waals surface area contributed by atoms with Gasteiger partial charge in [-0.15, -0.1) is 0 Å². The maximum absolute atomic E-state index is 12.9. The molecule has 0 aliphatic carbocycles. The van der Waals surface area contributed by atoms with E-state index < -0.39 is 0 Å². The van der Waals surface area contributed by atoms with Crippen LogP contribution in [0.1, 0.15) is 18.1 Å². The number of carbonyl (C=O) groups is 1. The maximum atomic E-state index is 12.9. The third-order valence-electron chi connectivity index (χ3n) is 5.82. The van der Waals surface area contributed by atoms with Gasteiger partial charge in [0, 0.05) is 37.9 Å². The van der Waals surface area contributed by atoms with Gasteiger partial charge >= 0.3 is 0 Å². The molecule has 1 aliphatic rings. The standard InChI is InChI=1S/C23H31N3O3/c1-16-7-6-8-21(17(16)2)26-13-11-25(12-14-26)18(3)23(27)24-20-15-19(28-4)9-10-22(20)29-5/h6-10,15,18H,11-14H2,1-5H3,(H,24,27). The average molecular weight is 398 g/mol. The summed E-state index contributed by atoms with van der Waals surface area (Å²) < 4.78 is 10.6. The third-order valence-corrected chi connectivity index (χ3v) is 5.82. The lowest BCUT2D eigenvalue weighted by molar-refractivity contribution is -0.120. The average Bonchev–Trinajstić information content (AvgIpc) is 2.75. The van der Waals surface area contributed by atoms with Gasteiger partial charge in [-0.05, 0) is 50.1 Å². The Morgan fingerprint density at radius 3 is 2.41 bits per heavy atom. The summed E-state index contributed by atoms with van der Waals surface area (Å²) in [6.07, 6.45) is 0. The minimum Gasteiger partial charge on any atom is -0.497 e. The molecule has 6 heteroatoms. The van der Waals surface area contributed by atoms with Crippen molar-refractivity contribution >= 4 is 17.3 Å². The van der Waals surface area contributed by atoms with Crippen molar-refractivity contribution in [3.63, 3.8) is 0 Å². The lowest BCUT2D eigenvalue weighted by atomic mass is 10.1. The minimum atomic E-state index is -0.230. The number of amides is 1. The SMILES string of the molecule is COc1ccc(OC)c(NC(=O)C(C)N2CCN(c3cccc(C)c3C)CC2)c1. The Hall–Kier alpha value is -2.73. The van der Waals surface area contributed by atoms with Crippen LogP contribution in [0.5, 0.6) is 11.5 Å². The molecule has 0 saturated carbocycles. The van der Waals surface area contributed by atoms with Crippen molar-refractivity contribution in [3.05, 3.63) is 47.5 Å². The highest BCUT2D eigenvalue weighted by Crippen LogP contribution is 2.29. The molecule has 1 heterocycles. The zero-order chi connectivity index (χ0) is 21.0. The second kappa shape index (κ2) is 9.18. The van der Waals surface area contributed by atoms with Crippen molar-refractivity contribution in [2.45, 2.75) is 26.8 Å². The molecule has 1 N–H and O–H groups in total. The highest BCUT2D eigenvalue weighted by molar-refractivity contribution is 5.96. The molecular formula is C23H31N3O3. The summed E-state index contributed by atoms with van der Waals surface area (Å²) in [5.41, 5.74) is 4.56. The number of benzene rings is 2. The molecular weight excluding hydrogens is 366 g/mol. The highest BCUT2D eigenvalue weighted by atomic mass is 16.5.